The van der Waals surface area contributed by atoms with Crippen molar-refractivity contribution in [3.05, 3.63) is 29.8 Å². The van der Waals surface area contributed by atoms with E-state index in [-0.39, 0.29) is 5.24 Å². The predicted molar refractivity (Wildman–Crippen MR) is 52.8 cm³/mol. The Hall–Kier alpha value is -0.470. The van der Waals surface area contributed by atoms with Crippen LogP contribution in [0.15, 0.2) is 29.2 Å². The molecule has 0 heterocycles. The lowest BCUT2D eigenvalue weighted by molar-refractivity contribution is -0.111. The number of thioether (sulfide) groups is 1. The Morgan fingerprint density at radius 3 is 2.92 bits per heavy atom. The molecule has 0 aliphatic carbocycles. The monoisotopic (exact) mass is 200 g/mol. The highest BCUT2D eigenvalue weighted by Crippen LogP contribution is 2.16. The van der Waals surface area contributed by atoms with E-state index in [1.54, 1.807) is 11.8 Å². The molecular formula is C9H9ClOS. The van der Waals surface area contributed by atoms with Crippen LogP contribution < -0.4 is 0 Å². The summed E-state index contributed by atoms with van der Waals surface area (Å²) in [7, 11) is 0. The highest BCUT2D eigenvalue weighted by molar-refractivity contribution is 7.98. The maximum Gasteiger partial charge on any atom is 0.226 e. The Kier molecular flexibility index (Phi) is 3.63. The smallest absolute Gasteiger partial charge is 0.226 e. The third-order valence-corrected chi connectivity index (χ3v) is 2.34. The minimum atomic E-state index is -0.312. The van der Waals surface area contributed by atoms with Gasteiger partial charge in [-0.2, -0.15) is 0 Å². The quantitative estimate of drug-likeness (QED) is 0.551. The van der Waals surface area contributed by atoms with Crippen LogP contribution in [0.3, 0.4) is 0 Å². The molecular weight excluding hydrogens is 192 g/mol. The van der Waals surface area contributed by atoms with E-state index in [0.29, 0.717) is 6.42 Å². The number of carbonyl (C=O) groups excluding carboxylic acids is 1. The van der Waals surface area contributed by atoms with Crippen molar-refractivity contribution >= 4 is 28.6 Å². The minimum Gasteiger partial charge on any atom is -0.281 e. The summed E-state index contributed by atoms with van der Waals surface area (Å²) in [5.74, 6) is 0. The van der Waals surface area contributed by atoms with E-state index in [4.69, 9.17) is 11.6 Å². The van der Waals surface area contributed by atoms with E-state index in [1.165, 1.54) is 0 Å². The van der Waals surface area contributed by atoms with Gasteiger partial charge in [0.15, 0.2) is 0 Å². The molecule has 0 unspecified atom stereocenters. The van der Waals surface area contributed by atoms with Gasteiger partial charge in [-0.3, -0.25) is 4.79 Å². The lowest BCUT2D eigenvalue weighted by Gasteiger charge is -1.99. The van der Waals surface area contributed by atoms with Gasteiger partial charge >= 0.3 is 0 Å². The number of carbonyl (C=O) groups is 1. The molecule has 64 valence electrons. The summed E-state index contributed by atoms with van der Waals surface area (Å²) >= 11 is 6.92. The standard InChI is InChI=1S/C9H9ClOS/c1-12-8-4-2-3-7(5-8)6-9(10)11/h2-5H,6H2,1H3. The van der Waals surface area contributed by atoms with Crippen LogP contribution in [0.1, 0.15) is 5.56 Å². The second-order valence-corrected chi connectivity index (χ2v) is 3.68. The second kappa shape index (κ2) is 4.53. The Morgan fingerprint density at radius 2 is 2.33 bits per heavy atom. The van der Waals surface area contributed by atoms with E-state index in [2.05, 4.69) is 0 Å². The Bertz CT molecular complexity index is 286. The average Bonchev–Trinajstić information content (AvgIpc) is 2.03. The van der Waals surface area contributed by atoms with Crippen LogP contribution in [-0.4, -0.2) is 11.5 Å². The highest BCUT2D eigenvalue weighted by atomic mass is 35.5. The molecule has 12 heavy (non-hydrogen) atoms. The molecule has 0 aromatic heterocycles. The van der Waals surface area contributed by atoms with Gasteiger partial charge in [0.05, 0.1) is 0 Å². The molecule has 0 N–H and O–H groups in total. The van der Waals surface area contributed by atoms with Gasteiger partial charge < -0.3 is 0 Å². The van der Waals surface area contributed by atoms with Gasteiger partial charge in [-0.25, -0.2) is 0 Å². The number of hydrogen-bond acceptors (Lipinski definition) is 2. The molecule has 0 aliphatic heterocycles. The fourth-order valence-corrected chi connectivity index (χ4v) is 1.58. The van der Waals surface area contributed by atoms with Gasteiger partial charge in [0, 0.05) is 11.3 Å². The van der Waals surface area contributed by atoms with E-state index in [0.717, 1.165) is 10.5 Å². The third-order valence-electron chi connectivity index (χ3n) is 1.48. The van der Waals surface area contributed by atoms with Crippen molar-refractivity contribution in [1.82, 2.24) is 0 Å². The first-order valence-electron chi connectivity index (χ1n) is 3.53. The van der Waals surface area contributed by atoms with Gasteiger partial charge in [-0.05, 0) is 35.6 Å². The van der Waals surface area contributed by atoms with Crippen LogP contribution in [0.25, 0.3) is 0 Å². The van der Waals surface area contributed by atoms with E-state index in [9.17, 15) is 4.79 Å². The van der Waals surface area contributed by atoms with E-state index < -0.39 is 0 Å². The zero-order valence-electron chi connectivity index (χ0n) is 6.71. The van der Waals surface area contributed by atoms with Crippen molar-refractivity contribution in [3.63, 3.8) is 0 Å². The zero-order valence-corrected chi connectivity index (χ0v) is 8.28. The van der Waals surface area contributed by atoms with Crippen molar-refractivity contribution < 1.29 is 4.79 Å². The van der Waals surface area contributed by atoms with Crippen LogP contribution >= 0.6 is 23.4 Å². The van der Waals surface area contributed by atoms with Gasteiger partial charge in [-0.1, -0.05) is 12.1 Å². The van der Waals surface area contributed by atoms with Gasteiger partial charge in [0.2, 0.25) is 5.24 Å². The average molecular weight is 201 g/mol. The summed E-state index contributed by atoms with van der Waals surface area (Å²) < 4.78 is 0. The molecule has 0 atom stereocenters. The molecule has 1 aromatic carbocycles. The molecule has 0 spiro atoms. The summed E-state index contributed by atoms with van der Waals surface area (Å²) in [5.41, 5.74) is 0.974. The Labute approximate surface area is 81.1 Å². The second-order valence-electron chi connectivity index (χ2n) is 2.38. The third kappa shape index (κ3) is 2.88. The molecule has 1 rings (SSSR count). The zero-order chi connectivity index (χ0) is 8.97. The summed E-state index contributed by atoms with van der Waals surface area (Å²) in [6.45, 7) is 0. The number of hydrogen-bond donors (Lipinski definition) is 0. The van der Waals surface area contributed by atoms with Crippen molar-refractivity contribution in [2.45, 2.75) is 11.3 Å². The lowest BCUT2D eigenvalue weighted by Crippen LogP contribution is -1.92. The number of halogens is 1. The molecule has 0 saturated carbocycles. The first kappa shape index (κ1) is 9.62. The van der Waals surface area contributed by atoms with Crippen molar-refractivity contribution in [2.75, 3.05) is 6.26 Å². The molecule has 0 saturated heterocycles. The van der Waals surface area contributed by atoms with Crippen LogP contribution in [0.5, 0.6) is 0 Å². The Balaban J connectivity index is 2.79. The predicted octanol–water partition coefficient (Wildman–Crippen LogP) is 2.72. The molecule has 1 nitrogen and oxygen atoms in total. The van der Waals surface area contributed by atoms with Crippen molar-refractivity contribution in [1.29, 1.82) is 0 Å². The van der Waals surface area contributed by atoms with Crippen molar-refractivity contribution in [3.8, 4) is 0 Å². The maximum atomic E-state index is 10.6. The molecule has 0 radical (unpaired) electrons. The number of rotatable bonds is 3. The Morgan fingerprint density at radius 1 is 1.58 bits per heavy atom. The van der Waals surface area contributed by atoms with Gasteiger partial charge in [-0.15, -0.1) is 11.8 Å². The van der Waals surface area contributed by atoms with E-state index >= 15 is 0 Å². The van der Waals surface area contributed by atoms with Crippen molar-refractivity contribution in [2.24, 2.45) is 0 Å². The molecule has 0 bridgehead atoms. The summed E-state index contributed by atoms with van der Waals surface area (Å²) in [6.07, 6.45) is 2.32. The molecule has 3 heteroatoms. The van der Waals surface area contributed by atoms with E-state index in [1.807, 2.05) is 30.5 Å². The van der Waals surface area contributed by atoms with Crippen LogP contribution in [-0.2, 0) is 11.2 Å². The first-order chi connectivity index (χ1) is 5.72. The molecule has 0 fully saturated rings. The normalized spacial score (nSPS) is 9.83. The largest absolute Gasteiger partial charge is 0.281 e. The summed E-state index contributed by atoms with van der Waals surface area (Å²) in [5, 5.41) is -0.312. The van der Waals surface area contributed by atoms with Gasteiger partial charge in [0.1, 0.15) is 0 Å². The first-order valence-corrected chi connectivity index (χ1v) is 5.14. The van der Waals surface area contributed by atoms with Crippen LogP contribution in [0.4, 0.5) is 0 Å². The fraction of sp³-hybridized carbons (Fsp3) is 0.222. The topological polar surface area (TPSA) is 17.1 Å². The van der Waals surface area contributed by atoms with Crippen LogP contribution in [0, 0.1) is 0 Å². The van der Waals surface area contributed by atoms with Crippen LogP contribution in [0.2, 0.25) is 0 Å². The fourth-order valence-electron chi connectivity index (χ4n) is 0.943. The number of benzene rings is 1. The summed E-state index contributed by atoms with van der Waals surface area (Å²) in [6, 6.07) is 7.82. The molecule has 0 amide bonds. The molecule has 1 aromatic rings. The molecule has 0 aliphatic rings. The highest BCUT2D eigenvalue weighted by Gasteiger charge is 1.99. The lowest BCUT2D eigenvalue weighted by atomic mass is 10.2. The maximum absolute atomic E-state index is 10.6. The summed E-state index contributed by atoms with van der Waals surface area (Å²) in [4.78, 5) is 11.7. The SMILES string of the molecule is CSc1cccc(CC(=O)Cl)c1. The van der Waals surface area contributed by atoms with Gasteiger partial charge in [0.25, 0.3) is 0 Å². The minimum absolute atomic E-state index is 0.312.